The second-order valence-corrected chi connectivity index (χ2v) is 5.72. The Kier molecular flexibility index (Phi) is 2.87. The van der Waals surface area contributed by atoms with Crippen molar-refractivity contribution in [1.29, 1.82) is 0 Å². The van der Waals surface area contributed by atoms with Crippen molar-refractivity contribution in [3.8, 4) is 0 Å². The number of hydrogen-bond acceptors (Lipinski definition) is 4. The lowest BCUT2D eigenvalue weighted by molar-refractivity contribution is 0.111. The maximum atomic E-state index is 12.1. The molecule has 1 atom stereocenters. The molecule has 106 valence electrons. The van der Waals surface area contributed by atoms with Crippen LogP contribution in [0.4, 0.5) is 0 Å². The molecule has 0 radical (unpaired) electrons. The van der Waals surface area contributed by atoms with E-state index < -0.39 is 58.6 Å². The van der Waals surface area contributed by atoms with E-state index in [1.807, 2.05) is 0 Å². The third-order valence-electron chi connectivity index (χ3n) is 2.54. The molecule has 20 heavy (non-hydrogen) atoms. The highest BCUT2D eigenvalue weighted by Crippen LogP contribution is 2.17. The van der Waals surface area contributed by atoms with Crippen molar-refractivity contribution in [3.63, 3.8) is 0 Å². The Balaban J connectivity index is 2.26. The van der Waals surface area contributed by atoms with Gasteiger partial charge in [-0.2, -0.15) is 8.42 Å². The van der Waals surface area contributed by atoms with Crippen molar-refractivity contribution in [3.05, 3.63) is 65.6 Å². The van der Waals surface area contributed by atoms with Crippen LogP contribution in [0.1, 0.15) is 24.1 Å². The van der Waals surface area contributed by atoms with Gasteiger partial charge in [0.05, 0.1) is 18.4 Å². The van der Waals surface area contributed by atoms with E-state index in [-0.39, 0.29) is 4.90 Å². The average Bonchev–Trinajstić information content (AvgIpc) is 2.57. The summed E-state index contributed by atoms with van der Waals surface area (Å²) in [6, 6.07) is 2.84. The summed E-state index contributed by atoms with van der Waals surface area (Å²) in [5.74, 6) is 0. The average molecular weight is 297 g/mol. The second kappa shape index (κ2) is 6.17. The standard InChI is InChI=1S/C15H16O4S/c1-12-7-9-14(10-8-12)20(17,18)19-11-15(16)13-5-3-2-4-6-13/h2-10,15-16H,11H2,1H3/i2D,3D,4D,5D,6D. The highest BCUT2D eigenvalue weighted by atomic mass is 32.2. The predicted octanol–water partition coefficient (Wildman–Crippen LogP) is 2.43. The summed E-state index contributed by atoms with van der Waals surface area (Å²) in [6.07, 6.45) is -1.70. The van der Waals surface area contributed by atoms with Gasteiger partial charge in [-0.3, -0.25) is 4.18 Å². The summed E-state index contributed by atoms with van der Waals surface area (Å²) < 4.78 is 67.1. The molecule has 0 amide bonds. The van der Waals surface area contributed by atoms with Crippen LogP contribution >= 0.6 is 0 Å². The maximum Gasteiger partial charge on any atom is 0.297 e. The van der Waals surface area contributed by atoms with Crippen LogP contribution in [0.3, 0.4) is 0 Å². The number of rotatable bonds is 5. The monoisotopic (exact) mass is 297 g/mol. The molecule has 0 heterocycles. The highest BCUT2D eigenvalue weighted by molar-refractivity contribution is 7.86. The molecule has 0 bridgehead atoms. The van der Waals surface area contributed by atoms with Crippen LogP contribution in [0.25, 0.3) is 0 Å². The van der Waals surface area contributed by atoms with Gasteiger partial charge in [-0.25, -0.2) is 0 Å². The zero-order valence-electron chi connectivity index (χ0n) is 15.7. The number of benzene rings is 2. The fourth-order valence-corrected chi connectivity index (χ4v) is 2.35. The lowest BCUT2D eigenvalue weighted by atomic mass is 10.1. The summed E-state index contributed by atoms with van der Waals surface area (Å²) in [4.78, 5) is -0.105. The molecule has 1 unspecified atom stereocenters. The lowest BCUT2D eigenvalue weighted by Gasteiger charge is -2.11. The molecular formula is C15H16O4S. The number of aryl methyl sites for hydroxylation is 1. The largest absolute Gasteiger partial charge is 0.386 e. The minimum absolute atomic E-state index is 0.105. The van der Waals surface area contributed by atoms with Gasteiger partial charge in [0.1, 0.15) is 6.10 Å². The van der Waals surface area contributed by atoms with E-state index in [1.165, 1.54) is 12.1 Å². The van der Waals surface area contributed by atoms with Gasteiger partial charge in [-0.05, 0) is 24.6 Å². The van der Waals surface area contributed by atoms with E-state index >= 15 is 0 Å². The summed E-state index contributed by atoms with van der Waals surface area (Å²) >= 11 is 0. The van der Waals surface area contributed by atoms with Gasteiger partial charge in [0.25, 0.3) is 10.1 Å². The van der Waals surface area contributed by atoms with Crippen molar-refractivity contribution in [1.82, 2.24) is 0 Å². The molecular weight excluding hydrogens is 276 g/mol. The third kappa shape index (κ3) is 3.66. The van der Waals surface area contributed by atoms with Crippen LogP contribution in [0.2, 0.25) is 0 Å². The Morgan fingerprint density at radius 2 is 1.80 bits per heavy atom. The van der Waals surface area contributed by atoms with Crippen LogP contribution < -0.4 is 0 Å². The normalized spacial score (nSPS) is 16.6. The first-order valence-electron chi connectivity index (χ1n) is 8.27. The molecule has 5 heteroatoms. The first-order chi connectivity index (χ1) is 11.6. The SMILES string of the molecule is [2H]c1c([2H])c([2H])c(C(O)COS(=O)(=O)c2ccc(C)cc2)c([2H])c1[2H]. The van der Waals surface area contributed by atoms with Crippen molar-refractivity contribution >= 4 is 10.1 Å². The Hall–Kier alpha value is -1.69. The summed E-state index contributed by atoms with van der Waals surface area (Å²) in [6.45, 7) is 1.02. The zero-order valence-corrected chi connectivity index (χ0v) is 11.5. The molecule has 0 aliphatic rings. The molecule has 0 saturated heterocycles. The first-order valence-corrected chi connectivity index (χ1v) is 7.18. The van der Waals surface area contributed by atoms with E-state index in [0.29, 0.717) is 0 Å². The molecule has 2 rings (SSSR count). The quantitative estimate of drug-likeness (QED) is 0.861. The molecule has 0 aromatic heterocycles. The molecule has 2 aromatic carbocycles. The van der Waals surface area contributed by atoms with Crippen LogP contribution in [0.15, 0.2) is 59.4 Å². The Morgan fingerprint density at radius 3 is 2.40 bits per heavy atom. The third-order valence-corrected chi connectivity index (χ3v) is 3.84. The summed E-state index contributed by atoms with van der Waals surface area (Å²) in [5, 5.41) is 10.1. The van der Waals surface area contributed by atoms with Crippen molar-refractivity contribution in [2.75, 3.05) is 6.61 Å². The number of hydrogen-bond donors (Lipinski definition) is 1. The van der Waals surface area contributed by atoms with Gasteiger partial charge in [0, 0.05) is 0 Å². The molecule has 4 nitrogen and oxygen atoms in total. The van der Waals surface area contributed by atoms with E-state index in [2.05, 4.69) is 0 Å². The molecule has 0 aliphatic heterocycles. The lowest BCUT2D eigenvalue weighted by Crippen LogP contribution is -2.13. The molecule has 2 aromatic rings. The minimum atomic E-state index is -4.15. The van der Waals surface area contributed by atoms with E-state index in [1.54, 1.807) is 19.1 Å². The van der Waals surface area contributed by atoms with Gasteiger partial charge in [-0.15, -0.1) is 0 Å². The van der Waals surface area contributed by atoms with Gasteiger partial charge >= 0.3 is 0 Å². The summed E-state index contributed by atoms with van der Waals surface area (Å²) in [7, 11) is -4.15. The van der Waals surface area contributed by atoms with Crippen LogP contribution in [-0.4, -0.2) is 20.1 Å². The van der Waals surface area contributed by atoms with Gasteiger partial charge in [0.15, 0.2) is 0 Å². The van der Waals surface area contributed by atoms with Crippen molar-refractivity contribution in [2.45, 2.75) is 17.9 Å². The highest BCUT2D eigenvalue weighted by Gasteiger charge is 2.17. The van der Waals surface area contributed by atoms with E-state index in [4.69, 9.17) is 11.0 Å². The topological polar surface area (TPSA) is 63.6 Å². The van der Waals surface area contributed by atoms with Crippen LogP contribution in [0, 0.1) is 6.92 Å². The van der Waals surface area contributed by atoms with E-state index in [0.717, 1.165) is 5.56 Å². The fraction of sp³-hybridized carbons (Fsp3) is 0.200. The van der Waals surface area contributed by atoms with Gasteiger partial charge in [-0.1, -0.05) is 47.9 Å². The maximum absolute atomic E-state index is 12.1. The Morgan fingerprint density at radius 1 is 1.20 bits per heavy atom. The second-order valence-electron chi connectivity index (χ2n) is 4.11. The van der Waals surface area contributed by atoms with Crippen LogP contribution in [-0.2, 0) is 14.3 Å². The molecule has 0 saturated carbocycles. The number of aliphatic hydroxyl groups is 1. The Labute approximate surface area is 125 Å². The molecule has 0 spiro atoms. The van der Waals surface area contributed by atoms with E-state index in [9.17, 15) is 13.5 Å². The van der Waals surface area contributed by atoms with Gasteiger partial charge in [0.2, 0.25) is 0 Å². The fourth-order valence-electron chi connectivity index (χ4n) is 1.44. The number of aliphatic hydroxyl groups excluding tert-OH is 1. The van der Waals surface area contributed by atoms with Crippen LogP contribution in [0.5, 0.6) is 0 Å². The zero-order chi connectivity index (χ0) is 18.9. The first kappa shape index (κ1) is 9.28. The predicted molar refractivity (Wildman–Crippen MR) is 75.7 cm³/mol. The molecule has 0 fully saturated rings. The van der Waals surface area contributed by atoms with Gasteiger partial charge < -0.3 is 5.11 Å². The minimum Gasteiger partial charge on any atom is -0.386 e. The Bertz CT molecular complexity index is 868. The van der Waals surface area contributed by atoms with Crippen molar-refractivity contribution in [2.24, 2.45) is 0 Å². The summed E-state index contributed by atoms with van der Waals surface area (Å²) in [5.41, 5.74) is 0.447. The smallest absolute Gasteiger partial charge is 0.297 e. The molecule has 0 aliphatic carbocycles. The molecule has 1 N–H and O–H groups in total. The van der Waals surface area contributed by atoms with Crippen molar-refractivity contribution < 1.29 is 24.6 Å².